The number of rotatable bonds is 2. The van der Waals surface area contributed by atoms with Crippen LogP contribution in [0.3, 0.4) is 0 Å². The van der Waals surface area contributed by atoms with Crippen molar-refractivity contribution in [1.29, 1.82) is 0 Å². The Morgan fingerprint density at radius 2 is 2.00 bits per heavy atom. The van der Waals surface area contributed by atoms with Crippen LogP contribution in [0.4, 0.5) is 0 Å². The van der Waals surface area contributed by atoms with E-state index in [0.717, 1.165) is 41.8 Å². The lowest BCUT2D eigenvalue weighted by molar-refractivity contribution is 0.416. The maximum absolute atomic E-state index is 6.23. The van der Waals surface area contributed by atoms with Gasteiger partial charge in [0.2, 0.25) is 0 Å². The van der Waals surface area contributed by atoms with Crippen LogP contribution in [-0.2, 0) is 12.8 Å². The van der Waals surface area contributed by atoms with Gasteiger partial charge in [-0.3, -0.25) is 0 Å². The van der Waals surface area contributed by atoms with Gasteiger partial charge in [-0.25, -0.2) is 9.97 Å². The van der Waals surface area contributed by atoms with E-state index in [4.69, 9.17) is 16.3 Å². The van der Waals surface area contributed by atoms with Gasteiger partial charge in [0.25, 0.3) is 0 Å². The first-order chi connectivity index (χ1) is 8.79. The van der Waals surface area contributed by atoms with Gasteiger partial charge < -0.3 is 4.74 Å². The van der Waals surface area contributed by atoms with Crippen molar-refractivity contribution in [3.05, 3.63) is 40.7 Å². The van der Waals surface area contributed by atoms with Gasteiger partial charge in [-0.1, -0.05) is 23.7 Å². The number of para-hydroxylation sites is 1. The van der Waals surface area contributed by atoms with E-state index in [1.165, 1.54) is 0 Å². The first-order valence-corrected chi connectivity index (χ1v) is 6.36. The summed E-state index contributed by atoms with van der Waals surface area (Å²) in [5.74, 6) is 1.42. The minimum Gasteiger partial charge on any atom is -0.496 e. The molecule has 1 aliphatic carbocycles. The van der Waals surface area contributed by atoms with Crippen LogP contribution in [0.25, 0.3) is 11.4 Å². The predicted molar refractivity (Wildman–Crippen MR) is 71.1 cm³/mol. The Kier molecular flexibility index (Phi) is 2.92. The molecule has 0 amide bonds. The molecular weight excluding hydrogens is 248 g/mol. The largest absolute Gasteiger partial charge is 0.496 e. The standard InChI is InChI=1S/C14H13ClN2O/c1-18-12-8-3-2-5-10(12)14-16-11-7-4-6-9(11)13(15)17-14/h2-3,5,8H,4,6-7H2,1H3. The predicted octanol–water partition coefficient (Wildman–Crippen LogP) is 3.29. The summed E-state index contributed by atoms with van der Waals surface area (Å²) in [6.45, 7) is 0. The number of hydrogen-bond acceptors (Lipinski definition) is 3. The van der Waals surface area contributed by atoms with E-state index in [-0.39, 0.29) is 0 Å². The van der Waals surface area contributed by atoms with Crippen molar-refractivity contribution in [2.24, 2.45) is 0 Å². The molecule has 1 heterocycles. The summed E-state index contributed by atoms with van der Waals surface area (Å²) in [6.07, 6.45) is 3.08. The van der Waals surface area contributed by atoms with E-state index in [2.05, 4.69) is 9.97 Å². The number of hydrogen-bond donors (Lipinski definition) is 0. The second-order valence-electron chi connectivity index (χ2n) is 4.32. The van der Waals surface area contributed by atoms with Crippen LogP contribution in [0.1, 0.15) is 17.7 Å². The normalized spacial score (nSPS) is 13.4. The number of aryl methyl sites for hydroxylation is 1. The van der Waals surface area contributed by atoms with Gasteiger partial charge in [0, 0.05) is 11.3 Å². The molecule has 1 aliphatic rings. The molecule has 0 aliphatic heterocycles. The van der Waals surface area contributed by atoms with E-state index in [0.29, 0.717) is 11.0 Å². The van der Waals surface area contributed by atoms with Crippen LogP contribution in [0.5, 0.6) is 5.75 Å². The Morgan fingerprint density at radius 3 is 2.83 bits per heavy atom. The van der Waals surface area contributed by atoms with Gasteiger partial charge in [0.15, 0.2) is 5.82 Å². The molecule has 3 nitrogen and oxygen atoms in total. The van der Waals surface area contributed by atoms with E-state index in [9.17, 15) is 0 Å². The second kappa shape index (κ2) is 4.58. The van der Waals surface area contributed by atoms with Gasteiger partial charge in [-0.15, -0.1) is 0 Å². The van der Waals surface area contributed by atoms with Gasteiger partial charge >= 0.3 is 0 Å². The highest BCUT2D eigenvalue weighted by atomic mass is 35.5. The third-order valence-electron chi connectivity index (χ3n) is 3.23. The van der Waals surface area contributed by atoms with Crippen LogP contribution >= 0.6 is 11.6 Å². The van der Waals surface area contributed by atoms with E-state index in [1.54, 1.807) is 7.11 Å². The van der Waals surface area contributed by atoms with Crippen LogP contribution in [0.15, 0.2) is 24.3 Å². The van der Waals surface area contributed by atoms with Crippen molar-refractivity contribution in [2.75, 3.05) is 7.11 Å². The highest BCUT2D eigenvalue weighted by molar-refractivity contribution is 6.30. The summed E-state index contributed by atoms with van der Waals surface area (Å²) in [7, 11) is 1.65. The molecule has 0 spiro atoms. The summed E-state index contributed by atoms with van der Waals surface area (Å²) in [5, 5.41) is 0.582. The number of benzene rings is 1. The first kappa shape index (κ1) is 11.5. The number of ether oxygens (including phenoxy) is 1. The van der Waals surface area contributed by atoms with Crippen LogP contribution in [0, 0.1) is 0 Å². The lowest BCUT2D eigenvalue weighted by atomic mass is 10.1. The molecule has 0 saturated heterocycles. The molecule has 2 aromatic rings. The van der Waals surface area contributed by atoms with Crippen LogP contribution in [-0.4, -0.2) is 17.1 Å². The second-order valence-corrected chi connectivity index (χ2v) is 4.68. The van der Waals surface area contributed by atoms with Crippen molar-refractivity contribution < 1.29 is 4.74 Å². The topological polar surface area (TPSA) is 35.0 Å². The lowest BCUT2D eigenvalue weighted by Crippen LogP contribution is -1.98. The Balaban J connectivity index is 2.15. The third-order valence-corrected chi connectivity index (χ3v) is 3.54. The molecule has 1 aromatic carbocycles. The van der Waals surface area contributed by atoms with Crippen LogP contribution < -0.4 is 4.74 Å². The zero-order chi connectivity index (χ0) is 12.5. The van der Waals surface area contributed by atoms with Gasteiger partial charge in [0.1, 0.15) is 10.9 Å². The van der Waals surface area contributed by atoms with Gasteiger partial charge in [0.05, 0.1) is 12.7 Å². The molecule has 0 atom stereocenters. The number of methoxy groups -OCH3 is 1. The summed E-state index contributed by atoms with van der Waals surface area (Å²) in [6, 6.07) is 7.73. The monoisotopic (exact) mass is 260 g/mol. The number of fused-ring (bicyclic) bond motifs is 1. The third kappa shape index (κ3) is 1.85. The van der Waals surface area contributed by atoms with Crippen LogP contribution in [0.2, 0.25) is 5.15 Å². The summed E-state index contributed by atoms with van der Waals surface area (Å²) in [4.78, 5) is 9.02. The molecule has 92 valence electrons. The molecule has 0 N–H and O–H groups in total. The molecule has 18 heavy (non-hydrogen) atoms. The average molecular weight is 261 g/mol. The zero-order valence-electron chi connectivity index (χ0n) is 10.1. The van der Waals surface area contributed by atoms with Crippen molar-refractivity contribution >= 4 is 11.6 Å². The Morgan fingerprint density at radius 1 is 1.17 bits per heavy atom. The molecule has 0 radical (unpaired) electrons. The van der Waals surface area contributed by atoms with E-state index >= 15 is 0 Å². The number of nitrogens with zero attached hydrogens (tertiary/aromatic N) is 2. The SMILES string of the molecule is COc1ccccc1-c1nc(Cl)c2c(n1)CCC2. The minimum absolute atomic E-state index is 0.582. The first-order valence-electron chi connectivity index (χ1n) is 5.98. The van der Waals surface area contributed by atoms with Crippen molar-refractivity contribution in [3.63, 3.8) is 0 Å². The molecule has 0 unspecified atom stereocenters. The zero-order valence-corrected chi connectivity index (χ0v) is 10.9. The van der Waals surface area contributed by atoms with Crippen molar-refractivity contribution in [1.82, 2.24) is 9.97 Å². The molecule has 0 saturated carbocycles. The smallest absolute Gasteiger partial charge is 0.164 e. The van der Waals surface area contributed by atoms with E-state index < -0.39 is 0 Å². The van der Waals surface area contributed by atoms with Crippen molar-refractivity contribution in [2.45, 2.75) is 19.3 Å². The Labute approximate surface area is 111 Å². The van der Waals surface area contributed by atoms with Gasteiger partial charge in [-0.2, -0.15) is 0 Å². The molecule has 3 rings (SSSR count). The highest BCUT2D eigenvalue weighted by Crippen LogP contribution is 2.32. The van der Waals surface area contributed by atoms with Crippen molar-refractivity contribution in [3.8, 4) is 17.1 Å². The summed E-state index contributed by atoms with van der Waals surface area (Å²) < 4.78 is 5.34. The molecule has 1 aromatic heterocycles. The van der Waals surface area contributed by atoms with E-state index in [1.807, 2.05) is 24.3 Å². The van der Waals surface area contributed by atoms with Gasteiger partial charge in [-0.05, 0) is 31.4 Å². The Hall–Kier alpha value is -1.61. The molecule has 0 bridgehead atoms. The molecule has 0 fully saturated rings. The lowest BCUT2D eigenvalue weighted by Gasteiger charge is -2.09. The maximum atomic E-state index is 6.23. The Bertz CT molecular complexity index is 598. The number of aromatic nitrogens is 2. The summed E-state index contributed by atoms with van der Waals surface area (Å²) in [5.41, 5.74) is 3.07. The average Bonchev–Trinajstić information content (AvgIpc) is 2.87. The fourth-order valence-electron chi connectivity index (χ4n) is 2.34. The quantitative estimate of drug-likeness (QED) is 0.777. The fraction of sp³-hybridized carbons (Fsp3) is 0.286. The minimum atomic E-state index is 0.582. The molecule has 4 heteroatoms. The maximum Gasteiger partial charge on any atom is 0.164 e. The highest BCUT2D eigenvalue weighted by Gasteiger charge is 2.19. The molecular formula is C14H13ClN2O. The fourth-order valence-corrected chi connectivity index (χ4v) is 2.62. The number of halogens is 1. The summed E-state index contributed by atoms with van der Waals surface area (Å²) >= 11 is 6.23.